The Morgan fingerprint density at radius 1 is 1.16 bits per heavy atom. The van der Waals surface area contributed by atoms with E-state index in [1.54, 1.807) is 0 Å². The average molecular weight is 289 g/mol. The Hall–Kier alpha value is -0.960. The molecule has 4 heteroatoms. The van der Waals surface area contributed by atoms with Crippen LogP contribution in [-0.2, 0) is 6.18 Å². The maximum Gasteiger partial charge on any atom is 0.416 e. The molecule has 0 radical (unpaired) electrons. The highest BCUT2D eigenvalue weighted by Gasteiger charge is 2.31. The Bertz CT molecular complexity index is 483. The van der Waals surface area contributed by atoms with Crippen LogP contribution in [0.3, 0.4) is 0 Å². The van der Waals surface area contributed by atoms with Crippen molar-refractivity contribution in [1.29, 1.82) is 0 Å². The lowest BCUT2D eigenvalue weighted by Crippen LogP contribution is -2.21. The first kappa shape index (κ1) is 14.4. The molecular formula is C15H16ClF3. The normalized spacial score (nSPS) is 23.1. The van der Waals surface area contributed by atoms with Crippen molar-refractivity contribution in [2.24, 2.45) is 5.41 Å². The van der Waals surface area contributed by atoms with Crippen molar-refractivity contribution in [2.45, 2.75) is 38.2 Å². The van der Waals surface area contributed by atoms with E-state index in [9.17, 15) is 13.2 Å². The molecule has 0 aromatic heterocycles. The summed E-state index contributed by atoms with van der Waals surface area (Å²) in [5.41, 5.74) is 1.32. The number of allylic oxidation sites excluding steroid dienone is 2. The molecular weight excluding hydrogens is 273 g/mol. The molecule has 0 N–H and O–H groups in total. The SMILES string of the molecule is CC1(C)CC(c2ccc(C(F)(F)F)cc2)=CC(Cl)C1. The van der Waals surface area contributed by atoms with Crippen LogP contribution in [0.15, 0.2) is 30.3 Å². The monoisotopic (exact) mass is 288 g/mol. The van der Waals surface area contributed by atoms with Gasteiger partial charge in [-0.15, -0.1) is 11.6 Å². The van der Waals surface area contributed by atoms with Crippen molar-refractivity contribution in [3.8, 4) is 0 Å². The summed E-state index contributed by atoms with van der Waals surface area (Å²) >= 11 is 6.19. The third kappa shape index (κ3) is 3.53. The molecule has 2 rings (SSSR count). The van der Waals surface area contributed by atoms with Crippen LogP contribution in [0.5, 0.6) is 0 Å². The Labute approximate surface area is 116 Å². The van der Waals surface area contributed by atoms with Crippen LogP contribution in [0.25, 0.3) is 5.57 Å². The van der Waals surface area contributed by atoms with Gasteiger partial charge in [0.25, 0.3) is 0 Å². The zero-order valence-corrected chi connectivity index (χ0v) is 11.6. The minimum absolute atomic E-state index is 0.0546. The minimum atomic E-state index is -4.28. The Morgan fingerprint density at radius 2 is 1.74 bits per heavy atom. The molecule has 0 amide bonds. The van der Waals surface area contributed by atoms with Gasteiger partial charge in [0.05, 0.1) is 10.9 Å². The molecule has 19 heavy (non-hydrogen) atoms. The predicted octanol–water partition coefficient (Wildman–Crippen LogP) is 5.52. The fraction of sp³-hybridized carbons (Fsp3) is 0.467. The van der Waals surface area contributed by atoms with E-state index in [0.29, 0.717) is 0 Å². The molecule has 0 nitrogen and oxygen atoms in total. The first-order valence-corrected chi connectivity index (χ1v) is 6.63. The molecule has 0 aliphatic heterocycles. The molecule has 1 unspecified atom stereocenters. The van der Waals surface area contributed by atoms with Gasteiger partial charge < -0.3 is 0 Å². The molecule has 0 heterocycles. The minimum Gasteiger partial charge on any atom is -0.166 e. The molecule has 0 saturated heterocycles. The van der Waals surface area contributed by atoms with Crippen LogP contribution in [0.2, 0.25) is 0 Å². The molecule has 0 saturated carbocycles. The standard InChI is InChI=1S/C15H16ClF3/c1-14(2)8-11(7-13(16)9-14)10-3-5-12(6-4-10)15(17,18)19/h3-7,13H,8-9H2,1-2H3. The van der Waals surface area contributed by atoms with Gasteiger partial charge in [0.2, 0.25) is 0 Å². The Balaban J connectivity index is 2.28. The molecule has 0 bridgehead atoms. The summed E-state index contributed by atoms with van der Waals surface area (Å²) in [6.07, 6.45) is -0.608. The number of hydrogen-bond donors (Lipinski definition) is 0. The number of hydrogen-bond acceptors (Lipinski definition) is 0. The maximum absolute atomic E-state index is 12.5. The zero-order chi connectivity index (χ0) is 14.3. The summed E-state index contributed by atoms with van der Waals surface area (Å²) in [6.45, 7) is 4.25. The molecule has 1 aliphatic carbocycles. The zero-order valence-electron chi connectivity index (χ0n) is 10.9. The van der Waals surface area contributed by atoms with Gasteiger partial charge in [-0.3, -0.25) is 0 Å². The van der Waals surface area contributed by atoms with E-state index in [4.69, 9.17) is 11.6 Å². The van der Waals surface area contributed by atoms with E-state index in [1.807, 2.05) is 6.08 Å². The molecule has 104 valence electrons. The summed E-state index contributed by atoms with van der Waals surface area (Å²) < 4.78 is 37.5. The van der Waals surface area contributed by atoms with Gasteiger partial charge in [0.15, 0.2) is 0 Å². The predicted molar refractivity (Wildman–Crippen MR) is 72.1 cm³/mol. The lowest BCUT2D eigenvalue weighted by Gasteiger charge is -2.32. The quantitative estimate of drug-likeness (QED) is 0.597. The largest absolute Gasteiger partial charge is 0.416 e. The van der Waals surface area contributed by atoms with E-state index in [-0.39, 0.29) is 10.8 Å². The van der Waals surface area contributed by atoms with Crippen molar-refractivity contribution in [3.05, 3.63) is 41.5 Å². The van der Waals surface area contributed by atoms with Crippen LogP contribution in [-0.4, -0.2) is 5.38 Å². The Kier molecular flexibility index (Phi) is 3.69. The highest BCUT2D eigenvalue weighted by atomic mass is 35.5. The van der Waals surface area contributed by atoms with Gasteiger partial charge in [-0.1, -0.05) is 32.1 Å². The summed E-state index contributed by atoms with van der Waals surface area (Å²) in [5, 5.41) is -0.0546. The second kappa shape index (κ2) is 4.86. The number of halogens is 4. The van der Waals surface area contributed by atoms with Crippen molar-refractivity contribution in [2.75, 3.05) is 0 Å². The van der Waals surface area contributed by atoms with Crippen LogP contribution < -0.4 is 0 Å². The first-order valence-electron chi connectivity index (χ1n) is 6.20. The van der Waals surface area contributed by atoms with Crippen molar-refractivity contribution in [3.63, 3.8) is 0 Å². The Morgan fingerprint density at radius 3 is 2.21 bits per heavy atom. The van der Waals surface area contributed by atoms with Crippen LogP contribution in [0, 0.1) is 5.41 Å². The van der Waals surface area contributed by atoms with Crippen molar-refractivity contribution < 1.29 is 13.2 Å². The first-order chi connectivity index (χ1) is 8.67. The van der Waals surface area contributed by atoms with E-state index in [0.717, 1.165) is 36.1 Å². The summed E-state index contributed by atoms with van der Waals surface area (Å²) in [6, 6.07) is 5.31. The highest BCUT2D eigenvalue weighted by Crippen LogP contribution is 2.41. The highest BCUT2D eigenvalue weighted by molar-refractivity contribution is 6.22. The maximum atomic E-state index is 12.5. The lowest BCUT2D eigenvalue weighted by molar-refractivity contribution is -0.137. The van der Waals surface area contributed by atoms with Gasteiger partial charge >= 0.3 is 6.18 Å². The van der Waals surface area contributed by atoms with E-state index in [2.05, 4.69) is 13.8 Å². The van der Waals surface area contributed by atoms with Gasteiger partial charge in [0, 0.05) is 0 Å². The van der Waals surface area contributed by atoms with Crippen LogP contribution in [0.4, 0.5) is 13.2 Å². The third-order valence-electron chi connectivity index (χ3n) is 3.38. The van der Waals surface area contributed by atoms with Gasteiger partial charge in [0.1, 0.15) is 0 Å². The van der Waals surface area contributed by atoms with E-state index in [1.165, 1.54) is 12.1 Å². The van der Waals surface area contributed by atoms with Crippen LogP contribution >= 0.6 is 11.6 Å². The summed E-state index contributed by atoms with van der Waals surface area (Å²) in [4.78, 5) is 0. The molecule has 0 fully saturated rings. The molecule has 0 spiro atoms. The summed E-state index contributed by atoms with van der Waals surface area (Å²) in [5.74, 6) is 0. The lowest BCUT2D eigenvalue weighted by atomic mass is 9.75. The van der Waals surface area contributed by atoms with Crippen molar-refractivity contribution in [1.82, 2.24) is 0 Å². The number of rotatable bonds is 1. The van der Waals surface area contributed by atoms with Crippen molar-refractivity contribution >= 4 is 17.2 Å². The van der Waals surface area contributed by atoms with E-state index >= 15 is 0 Å². The number of benzene rings is 1. The smallest absolute Gasteiger partial charge is 0.166 e. The molecule has 1 aliphatic rings. The molecule has 1 atom stereocenters. The van der Waals surface area contributed by atoms with Gasteiger partial charge in [-0.2, -0.15) is 13.2 Å². The average Bonchev–Trinajstić information content (AvgIpc) is 2.25. The second-order valence-electron chi connectivity index (χ2n) is 5.83. The fourth-order valence-corrected chi connectivity index (χ4v) is 3.09. The van der Waals surface area contributed by atoms with E-state index < -0.39 is 11.7 Å². The van der Waals surface area contributed by atoms with Gasteiger partial charge in [-0.05, 0) is 41.5 Å². The molecule has 1 aromatic carbocycles. The summed E-state index contributed by atoms with van der Waals surface area (Å²) in [7, 11) is 0. The third-order valence-corrected chi connectivity index (χ3v) is 3.66. The van der Waals surface area contributed by atoms with Crippen LogP contribution in [0.1, 0.15) is 37.8 Å². The van der Waals surface area contributed by atoms with Gasteiger partial charge in [-0.25, -0.2) is 0 Å². The number of alkyl halides is 4. The second-order valence-corrected chi connectivity index (χ2v) is 6.39. The fourth-order valence-electron chi connectivity index (χ4n) is 2.52. The topological polar surface area (TPSA) is 0 Å². The molecule has 1 aromatic rings.